The molecule has 0 fully saturated rings. The van der Waals surface area contributed by atoms with Crippen molar-refractivity contribution < 1.29 is 9.15 Å². The van der Waals surface area contributed by atoms with Gasteiger partial charge in [-0.05, 0) is 71.1 Å². The minimum absolute atomic E-state index is 0.0866. The average molecular weight is 350 g/mol. The van der Waals surface area contributed by atoms with Crippen LogP contribution in [-0.4, -0.2) is 13.2 Å². The van der Waals surface area contributed by atoms with Gasteiger partial charge in [-0.15, -0.1) is 0 Å². The molecule has 1 aliphatic rings. The zero-order valence-corrected chi connectivity index (χ0v) is 13.8. The van der Waals surface area contributed by atoms with Gasteiger partial charge in [0.2, 0.25) is 0 Å². The Kier molecular flexibility index (Phi) is 4.66. The topological polar surface area (TPSA) is 34.4 Å². The van der Waals surface area contributed by atoms with Crippen molar-refractivity contribution in [1.82, 2.24) is 5.32 Å². The highest BCUT2D eigenvalue weighted by molar-refractivity contribution is 9.10. The Labute approximate surface area is 133 Å². The van der Waals surface area contributed by atoms with Crippen LogP contribution in [0.5, 0.6) is 5.75 Å². The Morgan fingerprint density at radius 3 is 2.95 bits per heavy atom. The summed E-state index contributed by atoms with van der Waals surface area (Å²) in [6.45, 7) is 3.95. The number of rotatable bonds is 5. The molecule has 0 aliphatic carbocycles. The molecular formula is C17H20BrNO2. The van der Waals surface area contributed by atoms with E-state index >= 15 is 0 Å². The van der Waals surface area contributed by atoms with E-state index in [4.69, 9.17) is 9.15 Å². The van der Waals surface area contributed by atoms with Crippen molar-refractivity contribution in [3.05, 3.63) is 51.9 Å². The van der Waals surface area contributed by atoms with E-state index in [-0.39, 0.29) is 6.04 Å². The maximum atomic E-state index is 5.76. The molecule has 1 aromatic heterocycles. The third-order valence-electron chi connectivity index (χ3n) is 3.74. The number of fused-ring (bicyclic) bond motifs is 1. The quantitative estimate of drug-likeness (QED) is 0.865. The van der Waals surface area contributed by atoms with E-state index in [1.807, 2.05) is 12.1 Å². The van der Waals surface area contributed by atoms with Crippen molar-refractivity contribution >= 4 is 15.9 Å². The van der Waals surface area contributed by atoms with E-state index in [1.165, 1.54) is 11.1 Å². The van der Waals surface area contributed by atoms with E-state index in [0.717, 1.165) is 48.6 Å². The van der Waals surface area contributed by atoms with Crippen LogP contribution in [0.3, 0.4) is 0 Å². The Balaban J connectivity index is 1.92. The molecule has 2 aromatic rings. The van der Waals surface area contributed by atoms with Gasteiger partial charge in [0.05, 0.1) is 12.6 Å². The Morgan fingerprint density at radius 1 is 1.29 bits per heavy atom. The van der Waals surface area contributed by atoms with Crippen molar-refractivity contribution in [3.63, 3.8) is 0 Å². The van der Waals surface area contributed by atoms with Gasteiger partial charge in [0, 0.05) is 0 Å². The summed E-state index contributed by atoms with van der Waals surface area (Å²) in [4.78, 5) is 0. The van der Waals surface area contributed by atoms with Crippen molar-refractivity contribution in [2.24, 2.45) is 0 Å². The highest BCUT2D eigenvalue weighted by Gasteiger charge is 2.19. The van der Waals surface area contributed by atoms with Crippen LogP contribution in [0.25, 0.3) is 0 Å². The first-order valence-electron chi connectivity index (χ1n) is 7.52. The van der Waals surface area contributed by atoms with E-state index in [0.29, 0.717) is 0 Å². The van der Waals surface area contributed by atoms with Crippen molar-refractivity contribution in [2.75, 3.05) is 13.2 Å². The number of aryl methyl sites for hydroxylation is 1. The van der Waals surface area contributed by atoms with E-state index in [2.05, 4.69) is 46.4 Å². The minimum atomic E-state index is 0.0866. The molecule has 4 heteroatoms. The van der Waals surface area contributed by atoms with E-state index < -0.39 is 0 Å². The van der Waals surface area contributed by atoms with Crippen LogP contribution in [0.15, 0.2) is 39.4 Å². The second-order valence-electron chi connectivity index (χ2n) is 5.35. The summed E-state index contributed by atoms with van der Waals surface area (Å²) in [5, 5.41) is 3.57. The second-order valence-corrected chi connectivity index (χ2v) is 6.13. The number of halogens is 1. The fraction of sp³-hybridized carbons (Fsp3) is 0.412. The number of ether oxygens (including phenoxy) is 1. The molecule has 3 rings (SSSR count). The summed E-state index contributed by atoms with van der Waals surface area (Å²) >= 11 is 3.39. The molecular weight excluding hydrogens is 330 g/mol. The number of nitrogens with one attached hydrogen (secondary N) is 1. The molecule has 112 valence electrons. The van der Waals surface area contributed by atoms with Crippen LogP contribution in [0.4, 0.5) is 0 Å². The van der Waals surface area contributed by atoms with Gasteiger partial charge in [-0.2, -0.15) is 0 Å². The fourth-order valence-electron chi connectivity index (χ4n) is 2.71. The lowest BCUT2D eigenvalue weighted by molar-refractivity contribution is 0.288. The summed E-state index contributed by atoms with van der Waals surface area (Å²) in [6.07, 6.45) is 3.27. The number of hydrogen-bond acceptors (Lipinski definition) is 3. The molecule has 0 saturated carbocycles. The molecule has 0 bridgehead atoms. The van der Waals surface area contributed by atoms with Crippen LogP contribution in [0, 0.1) is 0 Å². The van der Waals surface area contributed by atoms with Gasteiger partial charge in [0.1, 0.15) is 11.5 Å². The molecule has 0 spiro atoms. The fourth-order valence-corrected chi connectivity index (χ4v) is 3.03. The highest BCUT2D eigenvalue weighted by atomic mass is 79.9. The maximum absolute atomic E-state index is 5.76. The molecule has 1 aliphatic heterocycles. The SMILES string of the molecule is CCCNC(c1ccc2c(c1)CCCO2)c1ccc(Br)o1. The largest absolute Gasteiger partial charge is 0.493 e. The van der Waals surface area contributed by atoms with Crippen LogP contribution < -0.4 is 10.1 Å². The molecule has 1 aromatic carbocycles. The summed E-state index contributed by atoms with van der Waals surface area (Å²) in [5.74, 6) is 1.96. The molecule has 1 unspecified atom stereocenters. The van der Waals surface area contributed by atoms with Crippen molar-refractivity contribution in [1.29, 1.82) is 0 Å². The minimum Gasteiger partial charge on any atom is -0.493 e. The van der Waals surface area contributed by atoms with E-state index in [1.54, 1.807) is 0 Å². The maximum Gasteiger partial charge on any atom is 0.169 e. The summed E-state index contributed by atoms with van der Waals surface area (Å²) in [7, 11) is 0. The summed E-state index contributed by atoms with van der Waals surface area (Å²) < 4.78 is 12.2. The predicted molar refractivity (Wildman–Crippen MR) is 86.8 cm³/mol. The van der Waals surface area contributed by atoms with Gasteiger partial charge in [0.15, 0.2) is 4.67 Å². The Morgan fingerprint density at radius 2 is 2.19 bits per heavy atom. The number of hydrogen-bond donors (Lipinski definition) is 1. The third-order valence-corrected chi connectivity index (χ3v) is 4.17. The van der Waals surface area contributed by atoms with E-state index in [9.17, 15) is 0 Å². The third kappa shape index (κ3) is 3.33. The lowest BCUT2D eigenvalue weighted by Crippen LogP contribution is -2.23. The first-order valence-corrected chi connectivity index (χ1v) is 8.31. The average Bonchev–Trinajstić information content (AvgIpc) is 2.94. The van der Waals surface area contributed by atoms with Crippen molar-refractivity contribution in [2.45, 2.75) is 32.2 Å². The highest BCUT2D eigenvalue weighted by Crippen LogP contribution is 2.31. The zero-order valence-electron chi connectivity index (χ0n) is 12.2. The predicted octanol–water partition coefficient (Wildman–Crippen LogP) is 4.46. The van der Waals surface area contributed by atoms with Gasteiger partial charge in [-0.25, -0.2) is 0 Å². The lowest BCUT2D eigenvalue weighted by atomic mass is 9.98. The van der Waals surface area contributed by atoms with Gasteiger partial charge >= 0.3 is 0 Å². The van der Waals surface area contributed by atoms with Gasteiger partial charge in [-0.1, -0.05) is 19.1 Å². The van der Waals surface area contributed by atoms with Gasteiger partial charge in [-0.3, -0.25) is 0 Å². The van der Waals surface area contributed by atoms with Crippen molar-refractivity contribution in [3.8, 4) is 5.75 Å². The van der Waals surface area contributed by atoms with Crippen LogP contribution in [0.1, 0.15) is 42.7 Å². The molecule has 21 heavy (non-hydrogen) atoms. The Hall–Kier alpha value is -1.26. The number of furan rings is 1. The van der Waals surface area contributed by atoms with Crippen LogP contribution in [-0.2, 0) is 6.42 Å². The normalized spacial score (nSPS) is 15.3. The standard InChI is InChI=1S/C17H20BrNO2/c1-2-9-19-17(15-7-8-16(18)21-15)13-5-6-14-12(11-13)4-3-10-20-14/h5-8,11,17,19H,2-4,9-10H2,1H3. The molecule has 3 nitrogen and oxygen atoms in total. The molecule has 0 radical (unpaired) electrons. The molecule has 0 saturated heterocycles. The zero-order chi connectivity index (χ0) is 14.7. The monoisotopic (exact) mass is 349 g/mol. The molecule has 0 amide bonds. The molecule has 1 atom stereocenters. The Bertz CT molecular complexity index is 609. The van der Waals surface area contributed by atoms with Crippen LogP contribution in [0.2, 0.25) is 0 Å². The summed E-state index contributed by atoms with van der Waals surface area (Å²) in [6, 6.07) is 10.5. The first-order chi connectivity index (χ1) is 10.3. The summed E-state index contributed by atoms with van der Waals surface area (Å²) in [5.41, 5.74) is 2.53. The van der Waals surface area contributed by atoms with Gasteiger partial charge in [0.25, 0.3) is 0 Å². The lowest BCUT2D eigenvalue weighted by Gasteiger charge is -2.21. The molecule has 2 heterocycles. The second kappa shape index (κ2) is 6.67. The smallest absolute Gasteiger partial charge is 0.169 e. The van der Waals surface area contributed by atoms with Crippen LogP contribution >= 0.6 is 15.9 Å². The number of benzene rings is 1. The molecule has 1 N–H and O–H groups in total. The first kappa shape index (κ1) is 14.7. The van der Waals surface area contributed by atoms with Gasteiger partial charge < -0.3 is 14.5 Å².